The van der Waals surface area contributed by atoms with Gasteiger partial charge in [-0.25, -0.2) is 0 Å². The minimum Gasteiger partial charge on any atom is -0.497 e. The molecule has 1 aromatic heterocycles. The molecule has 0 spiro atoms. The molecule has 0 aliphatic rings. The molecule has 1 N–H and O–H groups in total. The van der Waals surface area contributed by atoms with Gasteiger partial charge in [-0.05, 0) is 36.6 Å². The number of hydrogen-bond acceptors (Lipinski definition) is 4. The molecule has 0 saturated heterocycles. The average Bonchev–Trinajstić information content (AvgIpc) is 3.10. The van der Waals surface area contributed by atoms with Crippen LogP contribution in [0.4, 0.5) is 0 Å². The Bertz CT molecular complexity index is 656. The van der Waals surface area contributed by atoms with Crippen molar-refractivity contribution in [2.45, 2.75) is 13.5 Å². The Morgan fingerprint density at radius 3 is 2.74 bits per heavy atom. The van der Waals surface area contributed by atoms with Crippen LogP contribution in [0.25, 0.3) is 0 Å². The zero-order valence-electron chi connectivity index (χ0n) is 13.2. The van der Waals surface area contributed by atoms with Crippen LogP contribution in [-0.2, 0) is 11.3 Å². The van der Waals surface area contributed by atoms with Gasteiger partial charge < -0.3 is 15.0 Å². The van der Waals surface area contributed by atoms with Gasteiger partial charge in [0.2, 0.25) is 5.91 Å². The number of thiophene rings is 1. The van der Waals surface area contributed by atoms with Gasteiger partial charge in [0.1, 0.15) is 5.75 Å². The number of benzene rings is 1. The summed E-state index contributed by atoms with van der Waals surface area (Å²) in [7, 11) is 1.55. The lowest BCUT2D eigenvalue weighted by molar-refractivity contribution is -0.121. The van der Waals surface area contributed by atoms with Gasteiger partial charge in [0.05, 0.1) is 20.2 Å². The summed E-state index contributed by atoms with van der Waals surface area (Å²) in [5.74, 6) is 0.267. The molecule has 1 heterocycles. The van der Waals surface area contributed by atoms with E-state index in [9.17, 15) is 9.59 Å². The third-order valence-corrected chi connectivity index (χ3v) is 4.24. The largest absolute Gasteiger partial charge is 0.497 e. The zero-order valence-corrected chi connectivity index (χ0v) is 14.1. The van der Waals surface area contributed by atoms with E-state index in [1.807, 2.05) is 24.4 Å². The van der Waals surface area contributed by atoms with Crippen molar-refractivity contribution in [2.75, 3.05) is 20.2 Å². The predicted molar refractivity (Wildman–Crippen MR) is 90.7 cm³/mol. The van der Waals surface area contributed by atoms with Crippen LogP contribution in [0, 0.1) is 0 Å². The van der Waals surface area contributed by atoms with E-state index in [2.05, 4.69) is 5.32 Å². The van der Waals surface area contributed by atoms with Crippen LogP contribution >= 0.6 is 11.3 Å². The molecule has 0 unspecified atom stereocenters. The molecule has 0 radical (unpaired) electrons. The second kappa shape index (κ2) is 8.33. The van der Waals surface area contributed by atoms with Crippen LogP contribution in [0.15, 0.2) is 41.8 Å². The van der Waals surface area contributed by atoms with Gasteiger partial charge in [-0.2, -0.15) is 0 Å². The first-order chi connectivity index (χ1) is 11.1. The van der Waals surface area contributed by atoms with Gasteiger partial charge in [0, 0.05) is 17.0 Å². The van der Waals surface area contributed by atoms with E-state index in [-0.39, 0.29) is 18.4 Å². The van der Waals surface area contributed by atoms with Crippen molar-refractivity contribution in [2.24, 2.45) is 0 Å². The van der Waals surface area contributed by atoms with E-state index in [0.717, 1.165) is 4.88 Å². The van der Waals surface area contributed by atoms with Gasteiger partial charge in [0.25, 0.3) is 5.91 Å². The highest BCUT2D eigenvalue weighted by molar-refractivity contribution is 7.09. The molecule has 0 bridgehead atoms. The number of carbonyl (C=O) groups is 2. The smallest absolute Gasteiger partial charge is 0.254 e. The number of methoxy groups -OCH3 is 1. The quantitative estimate of drug-likeness (QED) is 0.848. The van der Waals surface area contributed by atoms with Crippen molar-refractivity contribution in [3.63, 3.8) is 0 Å². The normalized spacial score (nSPS) is 10.2. The van der Waals surface area contributed by atoms with Gasteiger partial charge in [0.15, 0.2) is 0 Å². The first-order valence-electron chi connectivity index (χ1n) is 7.36. The van der Waals surface area contributed by atoms with Crippen LogP contribution in [0.1, 0.15) is 22.2 Å². The van der Waals surface area contributed by atoms with Crippen molar-refractivity contribution in [3.05, 3.63) is 52.2 Å². The summed E-state index contributed by atoms with van der Waals surface area (Å²) in [5.41, 5.74) is 0.511. The topological polar surface area (TPSA) is 58.6 Å². The lowest BCUT2D eigenvalue weighted by Gasteiger charge is -2.20. The molecule has 122 valence electrons. The number of carbonyl (C=O) groups excluding carboxylic acids is 2. The Balaban J connectivity index is 1.95. The van der Waals surface area contributed by atoms with Gasteiger partial charge in [-0.15, -0.1) is 11.3 Å². The number of likely N-dealkylation sites (N-methyl/N-ethyl adjacent to an activating group) is 1. The summed E-state index contributed by atoms with van der Waals surface area (Å²) in [6, 6.07) is 10.8. The lowest BCUT2D eigenvalue weighted by Crippen LogP contribution is -2.40. The Labute approximate surface area is 139 Å². The minimum atomic E-state index is -0.183. The highest BCUT2D eigenvalue weighted by atomic mass is 32.1. The second-order valence-corrected chi connectivity index (χ2v) is 5.94. The SMILES string of the molecule is CCN(CC(=O)NCc1cccs1)C(=O)c1cccc(OC)c1. The molecule has 23 heavy (non-hydrogen) atoms. The molecule has 2 amide bonds. The molecule has 0 fully saturated rings. The number of hydrogen-bond donors (Lipinski definition) is 1. The maximum Gasteiger partial charge on any atom is 0.254 e. The molecule has 0 saturated carbocycles. The van der Waals surface area contributed by atoms with Crippen LogP contribution in [0.3, 0.4) is 0 Å². The lowest BCUT2D eigenvalue weighted by atomic mass is 10.2. The average molecular weight is 332 g/mol. The molecule has 6 heteroatoms. The molecule has 2 aromatic rings. The van der Waals surface area contributed by atoms with Crippen molar-refractivity contribution in [3.8, 4) is 5.75 Å². The van der Waals surface area contributed by atoms with Crippen LogP contribution < -0.4 is 10.1 Å². The van der Waals surface area contributed by atoms with Crippen LogP contribution in [0.5, 0.6) is 5.75 Å². The third-order valence-electron chi connectivity index (χ3n) is 3.36. The van der Waals surface area contributed by atoms with E-state index in [1.165, 1.54) is 4.90 Å². The number of ether oxygens (including phenoxy) is 1. The van der Waals surface area contributed by atoms with Crippen molar-refractivity contribution < 1.29 is 14.3 Å². The molecule has 0 atom stereocenters. The van der Waals surface area contributed by atoms with Gasteiger partial charge in [-0.1, -0.05) is 12.1 Å². The predicted octanol–water partition coefficient (Wildman–Crippen LogP) is 2.54. The second-order valence-electron chi connectivity index (χ2n) is 4.91. The monoisotopic (exact) mass is 332 g/mol. The Kier molecular flexibility index (Phi) is 6.17. The fraction of sp³-hybridized carbons (Fsp3) is 0.294. The summed E-state index contributed by atoms with van der Waals surface area (Å²) in [5, 5.41) is 4.80. The summed E-state index contributed by atoms with van der Waals surface area (Å²) in [4.78, 5) is 27.1. The van der Waals surface area contributed by atoms with E-state index in [0.29, 0.717) is 24.4 Å². The van der Waals surface area contributed by atoms with Gasteiger partial charge in [-0.3, -0.25) is 9.59 Å². The molecule has 1 aromatic carbocycles. The minimum absolute atomic E-state index is 0.0396. The first kappa shape index (κ1) is 17.0. The van der Waals surface area contributed by atoms with Crippen LogP contribution in [0.2, 0.25) is 0 Å². The van der Waals surface area contributed by atoms with Crippen molar-refractivity contribution in [1.82, 2.24) is 10.2 Å². The van der Waals surface area contributed by atoms with Crippen molar-refractivity contribution >= 4 is 23.2 Å². The molecular formula is C17H20N2O3S. The van der Waals surface area contributed by atoms with E-state index >= 15 is 0 Å². The van der Waals surface area contributed by atoms with Gasteiger partial charge >= 0.3 is 0 Å². The molecular weight excluding hydrogens is 312 g/mol. The first-order valence-corrected chi connectivity index (χ1v) is 8.24. The van der Waals surface area contributed by atoms with E-state index < -0.39 is 0 Å². The summed E-state index contributed by atoms with van der Waals surface area (Å²) < 4.78 is 5.13. The standard InChI is InChI=1S/C17H20N2O3S/c1-3-19(12-16(20)18-11-15-8-5-9-23-15)17(21)13-6-4-7-14(10-13)22-2/h4-10H,3,11-12H2,1-2H3,(H,18,20). The molecule has 5 nitrogen and oxygen atoms in total. The maximum atomic E-state index is 12.5. The summed E-state index contributed by atoms with van der Waals surface area (Å²) >= 11 is 1.59. The Hall–Kier alpha value is -2.34. The number of nitrogens with zero attached hydrogens (tertiary/aromatic N) is 1. The van der Waals surface area contributed by atoms with Crippen molar-refractivity contribution in [1.29, 1.82) is 0 Å². The fourth-order valence-electron chi connectivity index (χ4n) is 2.09. The Morgan fingerprint density at radius 2 is 2.09 bits per heavy atom. The highest BCUT2D eigenvalue weighted by Crippen LogP contribution is 2.14. The molecule has 0 aliphatic heterocycles. The molecule has 0 aliphatic carbocycles. The number of rotatable bonds is 7. The molecule has 2 rings (SSSR count). The fourth-order valence-corrected chi connectivity index (χ4v) is 2.74. The zero-order chi connectivity index (χ0) is 16.7. The highest BCUT2D eigenvalue weighted by Gasteiger charge is 2.17. The van der Waals surface area contributed by atoms with Crippen LogP contribution in [-0.4, -0.2) is 36.9 Å². The third kappa shape index (κ3) is 4.82. The Morgan fingerprint density at radius 1 is 1.26 bits per heavy atom. The number of nitrogens with one attached hydrogen (secondary N) is 1. The number of amides is 2. The summed E-state index contributed by atoms with van der Waals surface area (Å²) in [6.45, 7) is 2.84. The maximum absolute atomic E-state index is 12.5. The summed E-state index contributed by atoms with van der Waals surface area (Å²) in [6.07, 6.45) is 0. The van der Waals surface area contributed by atoms with E-state index in [4.69, 9.17) is 4.74 Å². The van der Waals surface area contributed by atoms with E-state index in [1.54, 1.807) is 42.7 Å².